The second kappa shape index (κ2) is 5.34. The van der Waals surface area contributed by atoms with Crippen LogP contribution < -0.4 is 10.1 Å². The van der Waals surface area contributed by atoms with Crippen LogP contribution in [0.4, 0.5) is 5.69 Å². The van der Waals surface area contributed by atoms with Crippen molar-refractivity contribution in [2.24, 2.45) is 0 Å². The molecule has 0 amide bonds. The zero-order chi connectivity index (χ0) is 12.1. The van der Waals surface area contributed by atoms with Crippen molar-refractivity contribution < 1.29 is 4.74 Å². The molecule has 2 N–H and O–H groups in total. The first-order valence-corrected chi connectivity index (χ1v) is 5.61. The van der Waals surface area contributed by atoms with Gasteiger partial charge in [0.25, 0.3) is 0 Å². The van der Waals surface area contributed by atoms with Crippen LogP contribution in [0.1, 0.15) is 18.2 Å². The molecule has 0 aliphatic carbocycles. The highest BCUT2D eigenvalue weighted by molar-refractivity contribution is 5.42. The number of hydrogen-bond acceptors (Lipinski definition) is 4. The summed E-state index contributed by atoms with van der Waals surface area (Å²) in [6.07, 6.45) is 3.59. The van der Waals surface area contributed by atoms with Crippen LogP contribution in [0, 0.1) is 6.92 Å². The van der Waals surface area contributed by atoms with Gasteiger partial charge < -0.3 is 10.1 Å². The molecule has 5 heteroatoms. The van der Waals surface area contributed by atoms with E-state index in [9.17, 15) is 0 Å². The van der Waals surface area contributed by atoms with Crippen LogP contribution in [0.25, 0.3) is 0 Å². The predicted molar refractivity (Wildman–Crippen MR) is 66.1 cm³/mol. The Morgan fingerprint density at radius 2 is 2.24 bits per heavy atom. The largest absolute Gasteiger partial charge is 0.478 e. The molecule has 2 heterocycles. The zero-order valence-electron chi connectivity index (χ0n) is 10.0. The Morgan fingerprint density at radius 3 is 2.82 bits per heavy atom. The van der Waals surface area contributed by atoms with Gasteiger partial charge in [-0.2, -0.15) is 5.10 Å². The molecular formula is C12H16N4O. The van der Waals surface area contributed by atoms with Crippen molar-refractivity contribution in [1.29, 1.82) is 0 Å². The Kier molecular flexibility index (Phi) is 3.59. The second-order valence-corrected chi connectivity index (χ2v) is 3.69. The fourth-order valence-corrected chi connectivity index (χ4v) is 1.47. The van der Waals surface area contributed by atoms with E-state index in [0.717, 1.165) is 23.5 Å². The molecule has 0 saturated heterocycles. The van der Waals surface area contributed by atoms with Gasteiger partial charge in [0.15, 0.2) is 0 Å². The summed E-state index contributed by atoms with van der Waals surface area (Å²) in [5, 5.41) is 10.2. The lowest BCUT2D eigenvalue weighted by Gasteiger charge is -2.06. The lowest BCUT2D eigenvalue weighted by atomic mass is 10.2. The third-order valence-corrected chi connectivity index (χ3v) is 2.45. The van der Waals surface area contributed by atoms with Gasteiger partial charge in [-0.05, 0) is 19.9 Å². The van der Waals surface area contributed by atoms with Gasteiger partial charge in [-0.3, -0.25) is 5.10 Å². The molecule has 0 unspecified atom stereocenters. The summed E-state index contributed by atoms with van der Waals surface area (Å²) in [4.78, 5) is 4.18. The molecule has 0 atom stereocenters. The first kappa shape index (κ1) is 11.4. The number of aryl methyl sites for hydroxylation is 1. The number of nitrogens with zero attached hydrogens (tertiary/aromatic N) is 2. The molecule has 0 fully saturated rings. The number of aromatic amines is 1. The Labute approximate surface area is 100 Å². The number of ether oxygens (including phenoxy) is 1. The zero-order valence-corrected chi connectivity index (χ0v) is 10.0. The van der Waals surface area contributed by atoms with Crippen LogP contribution in [-0.4, -0.2) is 21.8 Å². The van der Waals surface area contributed by atoms with E-state index in [0.29, 0.717) is 12.5 Å². The van der Waals surface area contributed by atoms with Crippen molar-refractivity contribution in [3.8, 4) is 5.88 Å². The first-order chi connectivity index (χ1) is 8.29. The van der Waals surface area contributed by atoms with Crippen molar-refractivity contribution in [2.45, 2.75) is 20.4 Å². The maximum absolute atomic E-state index is 5.28. The average Bonchev–Trinajstić information content (AvgIpc) is 2.75. The van der Waals surface area contributed by atoms with E-state index >= 15 is 0 Å². The van der Waals surface area contributed by atoms with E-state index in [1.54, 1.807) is 6.20 Å². The Bertz CT molecular complexity index is 464. The van der Waals surface area contributed by atoms with Crippen LogP contribution in [0.5, 0.6) is 5.88 Å². The van der Waals surface area contributed by atoms with E-state index < -0.39 is 0 Å². The normalized spacial score (nSPS) is 10.2. The Balaban J connectivity index is 1.93. The molecule has 0 aromatic carbocycles. The topological polar surface area (TPSA) is 62.8 Å². The lowest BCUT2D eigenvalue weighted by Crippen LogP contribution is -2.01. The third-order valence-electron chi connectivity index (χ3n) is 2.45. The molecular weight excluding hydrogens is 216 g/mol. The van der Waals surface area contributed by atoms with Gasteiger partial charge in [-0.25, -0.2) is 4.98 Å². The van der Waals surface area contributed by atoms with Crippen molar-refractivity contribution in [3.05, 3.63) is 35.8 Å². The predicted octanol–water partition coefficient (Wildman–Crippen LogP) is 2.12. The molecule has 2 aromatic rings. The SMILES string of the molecule is CCOc1ccc(NCc2cn[nH]c2C)cn1. The van der Waals surface area contributed by atoms with Crippen molar-refractivity contribution in [2.75, 3.05) is 11.9 Å². The van der Waals surface area contributed by atoms with Crippen molar-refractivity contribution in [1.82, 2.24) is 15.2 Å². The highest BCUT2D eigenvalue weighted by Crippen LogP contribution is 2.13. The van der Waals surface area contributed by atoms with Crippen LogP contribution in [0.3, 0.4) is 0 Å². The van der Waals surface area contributed by atoms with Gasteiger partial charge in [0.05, 0.1) is 24.7 Å². The number of hydrogen-bond donors (Lipinski definition) is 2. The molecule has 0 radical (unpaired) electrons. The fourth-order valence-electron chi connectivity index (χ4n) is 1.47. The van der Waals surface area contributed by atoms with E-state index in [1.165, 1.54) is 0 Å². The molecule has 5 nitrogen and oxygen atoms in total. The summed E-state index contributed by atoms with van der Waals surface area (Å²) < 4.78 is 5.28. The second-order valence-electron chi connectivity index (χ2n) is 3.69. The summed E-state index contributed by atoms with van der Waals surface area (Å²) in [6.45, 7) is 5.31. The van der Waals surface area contributed by atoms with Crippen LogP contribution in [0.2, 0.25) is 0 Å². The van der Waals surface area contributed by atoms with Gasteiger partial charge in [-0.1, -0.05) is 0 Å². The molecule has 90 valence electrons. The Morgan fingerprint density at radius 1 is 1.35 bits per heavy atom. The summed E-state index contributed by atoms with van der Waals surface area (Å²) in [5.74, 6) is 0.651. The van der Waals surface area contributed by atoms with Gasteiger partial charge in [-0.15, -0.1) is 0 Å². The van der Waals surface area contributed by atoms with Crippen LogP contribution >= 0.6 is 0 Å². The number of nitrogens with one attached hydrogen (secondary N) is 2. The monoisotopic (exact) mass is 232 g/mol. The lowest BCUT2D eigenvalue weighted by molar-refractivity contribution is 0.327. The standard InChI is InChI=1S/C12H16N4O/c1-3-17-12-5-4-11(8-14-12)13-6-10-7-15-16-9(10)2/h4-5,7-8,13H,3,6H2,1-2H3,(H,15,16). The van der Waals surface area contributed by atoms with Gasteiger partial charge in [0, 0.05) is 23.9 Å². The minimum atomic E-state index is 0.633. The van der Waals surface area contributed by atoms with Gasteiger partial charge >= 0.3 is 0 Å². The van der Waals surface area contributed by atoms with Crippen molar-refractivity contribution >= 4 is 5.69 Å². The number of anilines is 1. The molecule has 2 rings (SSSR count). The van der Waals surface area contributed by atoms with Gasteiger partial charge in [0.2, 0.25) is 5.88 Å². The molecule has 0 aliphatic rings. The summed E-state index contributed by atoms with van der Waals surface area (Å²) in [5.41, 5.74) is 3.20. The minimum absolute atomic E-state index is 0.633. The highest BCUT2D eigenvalue weighted by atomic mass is 16.5. The van der Waals surface area contributed by atoms with Gasteiger partial charge in [0.1, 0.15) is 0 Å². The maximum Gasteiger partial charge on any atom is 0.213 e. The molecule has 0 aliphatic heterocycles. The quantitative estimate of drug-likeness (QED) is 0.829. The van der Waals surface area contributed by atoms with E-state index in [4.69, 9.17) is 4.74 Å². The van der Waals surface area contributed by atoms with E-state index in [1.807, 2.05) is 32.2 Å². The summed E-state index contributed by atoms with van der Waals surface area (Å²) in [6, 6.07) is 3.81. The third kappa shape index (κ3) is 2.96. The van der Waals surface area contributed by atoms with Crippen LogP contribution in [0.15, 0.2) is 24.5 Å². The Hall–Kier alpha value is -2.04. The smallest absolute Gasteiger partial charge is 0.213 e. The van der Waals surface area contributed by atoms with E-state index in [-0.39, 0.29) is 0 Å². The average molecular weight is 232 g/mol. The van der Waals surface area contributed by atoms with Crippen LogP contribution in [-0.2, 0) is 6.54 Å². The molecule has 17 heavy (non-hydrogen) atoms. The highest BCUT2D eigenvalue weighted by Gasteiger charge is 2.00. The first-order valence-electron chi connectivity index (χ1n) is 5.61. The minimum Gasteiger partial charge on any atom is -0.478 e. The number of pyridine rings is 1. The van der Waals surface area contributed by atoms with E-state index in [2.05, 4.69) is 20.5 Å². The maximum atomic E-state index is 5.28. The molecule has 0 saturated carbocycles. The fraction of sp³-hybridized carbons (Fsp3) is 0.333. The molecule has 0 bridgehead atoms. The molecule has 2 aromatic heterocycles. The summed E-state index contributed by atoms with van der Waals surface area (Å²) in [7, 11) is 0. The number of rotatable bonds is 5. The number of H-pyrrole nitrogens is 1. The molecule has 0 spiro atoms. The summed E-state index contributed by atoms with van der Waals surface area (Å²) >= 11 is 0. The number of aromatic nitrogens is 3. The van der Waals surface area contributed by atoms with Crippen molar-refractivity contribution in [3.63, 3.8) is 0 Å².